The van der Waals surface area contributed by atoms with Gasteiger partial charge in [0.1, 0.15) is 0 Å². The van der Waals surface area contributed by atoms with Crippen LogP contribution in [-0.4, -0.2) is 48.6 Å². The molecule has 116 valence electrons. The van der Waals surface area contributed by atoms with Gasteiger partial charge in [0.2, 0.25) is 5.91 Å². The highest BCUT2D eigenvalue weighted by Gasteiger charge is 2.35. The Morgan fingerprint density at radius 1 is 1.35 bits per heavy atom. The number of carbonyl (C=O) groups is 1. The summed E-state index contributed by atoms with van der Waals surface area (Å²) < 4.78 is 0. The number of nitrogens with zero attached hydrogens (tertiary/aromatic N) is 1. The molecule has 3 unspecified atom stereocenters. The molecule has 0 spiro atoms. The molecule has 4 heteroatoms. The molecule has 0 radical (unpaired) electrons. The van der Waals surface area contributed by atoms with Crippen molar-refractivity contribution in [3.8, 4) is 0 Å². The highest BCUT2D eigenvalue weighted by molar-refractivity contribution is 5.81. The lowest BCUT2D eigenvalue weighted by Gasteiger charge is -2.42. The zero-order valence-electron chi connectivity index (χ0n) is 13.2. The summed E-state index contributed by atoms with van der Waals surface area (Å²) in [4.78, 5) is 14.8. The van der Waals surface area contributed by atoms with Gasteiger partial charge in [-0.1, -0.05) is 19.8 Å². The van der Waals surface area contributed by atoms with Gasteiger partial charge in [0, 0.05) is 18.6 Å². The number of rotatable bonds is 6. The van der Waals surface area contributed by atoms with Crippen molar-refractivity contribution in [2.45, 2.75) is 76.9 Å². The third-order valence-corrected chi connectivity index (χ3v) is 4.86. The van der Waals surface area contributed by atoms with Gasteiger partial charge < -0.3 is 10.6 Å². The second-order valence-corrected chi connectivity index (χ2v) is 6.32. The molecule has 2 rings (SSSR count). The summed E-state index contributed by atoms with van der Waals surface area (Å²) in [6.45, 7) is 7.27. The molecule has 0 aromatic heterocycles. The Balaban J connectivity index is 1.90. The number of unbranched alkanes of at least 4 members (excludes halogenated alkanes) is 1. The van der Waals surface area contributed by atoms with Crippen LogP contribution in [0.15, 0.2) is 0 Å². The van der Waals surface area contributed by atoms with Crippen LogP contribution in [0.2, 0.25) is 0 Å². The number of carbonyl (C=O) groups excluding carboxylic acids is 1. The molecule has 2 fully saturated rings. The number of hydrogen-bond donors (Lipinski definition) is 2. The molecule has 3 atom stereocenters. The maximum Gasteiger partial charge on any atom is 0.237 e. The molecule has 2 saturated heterocycles. The van der Waals surface area contributed by atoms with E-state index in [1.807, 2.05) is 0 Å². The second kappa shape index (κ2) is 7.99. The number of amides is 1. The van der Waals surface area contributed by atoms with Crippen molar-refractivity contribution in [2.75, 3.05) is 19.6 Å². The van der Waals surface area contributed by atoms with Gasteiger partial charge in [-0.25, -0.2) is 0 Å². The third kappa shape index (κ3) is 3.95. The number of nitrogens with one attached hydrogen (secondary N) is 2. The van der Waals surface area contributed by atoms with E-state index in [-0.39, 0.29) is 11.9 Å². The van der Waals surface area contributed by atoms with Gasteiger partial charge in [-0.05, 0) is 52.1 Å². The lowest BCUT2D eigenvalue weighted by atomic mass is 9.93. The Labute approximate surface area is 123 Å². The largest absolute Gasteiger partial charge is 0.355 e. The van der Waals surface area contributed by atoms with Gasteiger partial charge in [-0.15, -0.1) is 0 Å². The first-order valence-electron chi connectivity index (χ1n) is 8.51. The Kier molecular flexibility index (Phi) is 6.30. The molecule has 0 aromatic rings. The molecule has 0 aromatic carbocycles. The van der Waals surface area contributed by atoms with Crippen LogP contribution in [0.1, 0.15) is 58.8 Å². The highest BCUT2D eigenvalue weighted by Crippen LogP contribution is 2.26. The van der Waals surface area contributed by atoms with Gasteiger partial charge in [0.05, 0.1) is 6.04 Å². The van der Waals surface area contributed by atoms with E-state index in [1.54, 1.807) is 0 Å². The van der Waals surface area contributed by atoms with E-state index in [1.165, 1.54) is 32.1 Å². The third-order valence-electron chi connectivity index (χ3n) is 4.86. The SMILES string of the molecule is CCCCNC(=O)C(C)N1CCCCC1C1CCCN1. The van der Waals surface area contributed by atoms with Crippen molar-refractivity contribution >= 4 is 5.91 Å². The lowest BCUT2D eigenvalue weighted by Crippen LogP contribution is -2.57. The Bertz CT molecular complexity index is 302. The summed E-state index contributed by atoms with van der Waals surface area (Å²) in [6, 6.07) is 1.17. The Morgan fingerprint density at radius 3 is 2.90 bits per heavy atom. The minimum atomic E-state index is 0.0135. The van der Waals surface area contributed by atoms with Crippen LogP contribution in [0.3, 0.4) is 0 Å². The fraction of sp³-hybridized carbons (Fsp3) is 0.938. The van der Waals surface area contributed by atoms with Crippen molar-refractivity contribution in [2.24, 2.45) is 0 Å². The number of hydrogen-bond acceptors (Lipinski definition) is 3. The molecule has 0 aliphatic carbocycles. The van der Waals surface area contributed by atoms with E-state index < -0.39 is 0 Å². The lowest BCUT2D eigenvalue weighted by molar-refractivity contribution is -0.127. The predicted octanol–water partition coefficient (Wildman–Crippen LogP) is 1.90. The quantitative estimate of drug-likeness (QED) is 0.731. The average Bonchev–Trinajstić information content (AvgIpc) is 3.00. The van der Waals surface area contributed by atoms with Crippen molar-refractivity contribution in [1.82, 2.24) is 15.5 Å². The molecule has 1 amide bonds. The maximum atomic E-state index is 12.3. The number of likely N-dealkylation sites (tertiary alicyclic amines) is 1. The van der Waals surface area contributed by atoms with Crippen molar-refractivity contribution in [3.05, 3.63) is 0 Å². The van der Waals surface area contributed by atoms with Gasteiger partial charge in [-0.2, -0.15) is 0 Å². The van der Waals surface area contributed by atoms with E-state index >= 15 is 0 Å². The van der Waals surface area contributed by atoms with E-state index in [9.17, 15) is 4.79 Å². The van der Waals surface area contributed by atoms with Crippen LogP contribution in [0.4, 0.5) is 0 Å². The fourth-order valence-corrected chi connectivity index (χ4v) is 3.62. The molecular formula is C16H31N3O. The zero-order valence-corrected chi connectivity index (χ0v) is 13.2. The summed E-state index contributed by atoms with van der Waals surface area (Å²) >= 11 is 0. The Hall–Kier alpha value is -0.610. The first-order valence-corrected chi connectivity index (χ1v) is 8.51. The van der Waals surface area contributed by atoms with Crippen LogP contribution >= 0.6 is 0 Å². The maximum absolute atomic E-state index is 12.3. The van der Waals surface area contributed by atoms with Crippen LogP contribution in [0, 0.1) is 0 Å². The molecule has 20 heavy (non-hydrogen) atoms. The predicted molar refractivity (Wildman–Crippen MR) is 82.7 cm³/mol. The smallest absolute Gasteiger partial charge is 0.237 e. The van der Waals surface area contributed by atoms with E-state index in [2.05, 4.69) is 29.4 Å². The van der Waals surface area contributed by atoms with Crippen LogP contribution in [0.25, 0.3) is 0 Å². The summed E-state index contributed by atoms with van der Waals surface area (Å²) in [5, 5.41) is 6.72. The summed E-state index contributed by atoms with van der Waals surface area (Å²) in [6.07, 6.45) is 8.54. The first-order chi connectivity index (χ1) is 9.74. The normalized spacial score (nSPS) is 29.3. The molecule has 0 saturated carbocycles. The molecule has 2 heterocycles. The van der Waals surface area contributed by atoms with Crippen LogP contribution in [0.5, 0.6) is 0 Å². The van der Waals surface area contributed by atoms with Gasteiger partial charge in [0.15, 0.2) is 0 Å². The van der Waals surface area contributed by atoms with Crippen molar-refractivity contribution < 1.29 is 4.79 Å². The second-order valence-electron chi connectivity index (χ2n) is 6.32. The molecule has 2 N–H and O–H groups in total. The number of piperidine rings is 1. The van der Waals surface area contributed by atoms with Crippen LogP contribution in [-0.2, 0) is 4.79 Å². The molecule has 2 aliphatic rings. The minimum absolute atomic E-state index is 0.0135. The summed E-state index contributed by atoms with van der Waals surface area (Å²) in [5.74, 6) is 0.211. The average molecular weight is 281 g/mol. The topological polar surface area (TPSA) is 44.4 Å². The zero-order chi connectivity index (χ0) is 14.4. The van der Waals surface area contributed by atoms with E-state index in [0.29, 0.717) is 12.1 Å². The van der Waals surface area contributed by atoms with Crippen LogP contribution < -0.4 is 10.6 Å². The highest BCUT2D eigenvalue weighted by atomic mass is 16.2. The molecule has 0 bridgehead atoms. The Morgan fingerprint density at radius 2 is 2.20 bits per heavy atom. The van der Waals surface area contributed by atoms with Gasteiger partial charge in [-0.3, -0.25) is 9.69 Å². The van der Waals surface area contributed by atoms with Gasteiger partial charge >= 0.3 is 0 Å². The van der Waals surface area contributed by atoms with E-state index in [4.69, 9.17) is 0 Å². The van der Waals surface area contributed by atoms with Crippen molar-refractivity contribution in [3.63, 3.8) is 0 Å². The summed E-state index contributed by atoms with van der Waals surface area (Å²) in [5.41, 5.74) is 0. The molecule has 4 nitrogen and oxygen atoms in total. The minimum Gasteiger partial charge on any atom is -0.355 e. The standard InChI is InChI=1S/C16H31N3O/c1-3-4-10-18-16(20)13(2)19-12-6-5-9-15(19)14-8-7-11-17-14/h13-15,17H,3-12H2,1-2H3,(H,18,20). The first kappa shape index (κ1) is 15.8. The molecular weight excluding hydrogens is 250 g/mol. The van der Waals surface area contributed by atoms with Crippen molar-refractivity contribution in [1.29, 1.82) is 0 Å². The van der Waals surface area contributed by atoms with E-state index in [0.717, 1.165) is 32.5 Å². The van der Waals surface area contributed by atoms with Gasteiger partial charge in [0.25, 0.3) is 0 Å². The monoisotopic (exact) mass is 281 g/mol. The fourth-order valence-electron chi connectivity index (χ4n) is 3.62. The summed E-state index contributed by atoms with van der Waals surface area (Å²) in [7, 11) is 0. The molecule has 2 aliphatic heterocycles.